The summed E-state index contributed by atoms with van der Waals surface area (Å²) in [6.45, 7) is 6.38. The third kappa shape index (κ3) is 53.2. The van der Waals surface area contributed by atoms with Crippen molar-refractivity contribution in [3.05, 3.63) is 97.2 Å². The molecule has 0 aliphatic carbocycles. The number of carbonyl (C=O) groups is 3. The van der Waals surface area contributed by atoms with Crippen LogP contribution in [-0.4, -0.2) is 37.2 Å². The quantitative estimate of drug-likeness (QED) is 0.0262. The van der Waals surface area contributed by atoms with E-state index in [1.807, 2.05) is 0 Å². The minimum atomic E-state index is -0.800. The van der Waals surface area contributed by atoms with Crippen LogP contribution in [0.2, 0.25) is 0 Å². The van der Waals surface area contributed by atoms with Gasteiger partial charge in [-0.15, -0.1) is 0 Å². The molecule has 6 heteroatoms. The van der Waals surface area contributed by atoms with Gasteiger partial charge in [0.1, 0.15) is 13.2 Å². The summed E-state index contributed by atoms with van der Waals surface area (Å²) in [5.74, 6) is -0.942. The second-order valence-electron chi connectivity index (χ2n) is 18.1. The molecule has 0 spiro atoms. The highest BCUT2D eigenvalue weighted by Crippen LogP contribution is 2.15. The van der Waals surface area contributed by atoms with Gasteiger partial charge in [-0.2, -0.15) is 0 Å². The molecule has 0 amide bonds. The van der Waals surface area contributed by atoms with Gasteiger partial charge in [-0.25, -0.2) is 0 Å². The molecule has 382 valence electrons. The van der Waals surface area contributed by atoms with Gasteiger partial charge in [-0.1, -0.05) is 234 Å². The molecule has 67 heavy (non-hydrogen) atoms. The second-order valence-corrected chi connectivity index (χ2v) is 18.1. The van der Waals surface area contributed by atoms with Gasteiger partial charge < -0.3 is 14.2 Å². The normalized spacial score (nSPS) is 12.8. The van der Waals surface area contributed by atoms with Crippen LogP contribution in [0.1, 0.15) is 252 Å². The first-order chi connectivity index (χ1) is 33.0. The Bertz CT molecular complexity index is 1350. The summed E-state index contributed by atoms with van der Waals surface area (Å²) in [6.07, 6.45) is 72.5. The van der Waals surface area contributed by atoms with Crippen LogP contribution in [0.5, 0.6) is 0 Å². The van der Waals surface area contributed by atoms with Crippen molar-refractivity contribution in [3.63, 3.8) is 0 Å². The Morgan fingerprint density at radius 1 is 0.313 bits per heavy atom. The van der Waals surface area contributed by atoms with Crippen molar-refractivity contribution >= 4 is 17.9 Å². The van der Waals surface area contributed by atoms with Crippen LogP contribution in [0.15, 0.2) is 97.2 Å². The van der Waals surface area contributed by atoms with E-state index in [-0.39, 0.29) is 31.1 Å². The molecule has 1 unspecified atom stereocenters. The Balaban J connectivity index is 4.47. The molecule has 0 aliphatic heterocycles. The van der Waals surface area contributed by atoms with E-state index in [0.717, 1.165) is 135 Å². The van der Waals surface area contributed by atoms with E-state index in [1.165, 1.54) is 77.0 Å². The van der Waals surface area contributed by atoms with Gasteiger partial charge in [-0.3, -0.25) is 14.4 Å². The first kappa shape index (κ1) is 63.3. The third-order valence-corrected chi connectivity index (χ3v) is 11.6. The van der Waals surface area contributed by atoms with E-state index >= 15 is 0 Å². The first-order valence-corrected chi connectivity index (χ1v) is 27.7. The van der Waals surface area contributed by atoms with Crippen LogP contribution in [0.25, 0.3) is 0 Å². The molecule has 0 saturated carbocycles. The maximum atomic E-state index is 12.8. The molecule has 0 aromatic carbocycles. The summed E-state index contributed by atoms with van der Waals surface area (Å²) in [5, 5.41) is 0. The Kier molecular flexibility index (Phi) is 51.9. The standard InChI is InChI=1S/C61H102O6/c1-4-7-10-13-16-19-22-25-28-29-30-31-34-36-39-42-45-48-51-54-60(63)66-57-58(67-61(64)55-52-49-46-43-40-37-33-27-24-21-18-15-12-9-6-3)56-65-59(62)53-50-47-44-41-38-35-32-26-23-20-17-14-11-8-5-2/h7,9-10,12,16,18-19,21,25,27-28,30-31,33,36,39,58H,4-6,8,11,13-15,17,20,22-24,26,29,32,34-35,37-38,40-57H2,1-3H3/b10-7-,12-9-,19-16-,21-18-,28-25-,31-30-,33-27-,39-36-. The molecule has 0 N–H and O–H groups in total. The van der Waals surface area contributed by atoms with E-state index in [9.17, 15) is 14.4 Å². The van der Waals surface area contributed by atoms with Gasteiger partial charge in [-0.05, 0) is 96.3 Å². The summed E-state index contributed by atoms with van der Waals surface area (Å²) >= 11 is 0. The predicted octanol–water partition coefficient (Wildman–Crippen LogP) is 18.5. The smallest absolute Gasteiger partial charge is 0.306 e. The Morgan fingerprint density at radius 2 is 0.582 bits per heavy atom. The molecule has 0 aromatic heterocycles. The molecule has 1 atom stereocenters. The molecule has 0 saturated heterocycles. The number of hydrogen-bond acceptors (Lipinski definition) is 6. The summed E-state index contributed by atoms with van der Waals surface area (Å²) < 4.78 is 16.8. The lowest BCUT2D eigenvalue weighted by Gasteiger charge is -2.18. The number of ether oxygens (including phenoxy) is 3. The fourth-order valence-electron chi connectivity index (χ4n) is 7.48. The van der Waals surface area contributed by atoms with Crippen molar-refractivity contribution in [2.75, 3.05) is 13.2 Å². The average molecular weight is 931 g/mol. The summed E-state index contributed by atoms with van der Waals surface area (Å²) in [5.41, 5.74) is 0. The fourth-order valence-corrected chi connectivity index (χ4v) is 7.48. The highest BCUT2D eigenvalue weighted by atomic mass is 16.6. The van der Waals surface area contributed by atoms with Gasteiger partial charge in [0.05, 0.1) is 0 Å². The van der Waals surface area contributed by atoms with Crippen molar-refractivity contribution in [2.24, 2.45) is 0 Å². The molecule has 0 rings (SSSR count). The fraction of sp³-hybridized carbons (Fsp3) is 0.689. The maximum absolute atomic E-state index is 12.8. The second kappa shape index (κ2) is 54.9. The van der Waals surface area contributed by atoms with Gasteiger partial charge >= 0.3 is 17.9 Å². The van der Waals surface area contributed by atoms with E-state index in [4.69, 9.17) is 14.2 Å². The van der Waals surface area contributed by atoms with Crippen molar-refractivity contribution < 1.29 is 28.6 Å². The first-order valence-electron chi connectivity index (χ1n) is 27.7. The predicted molar refractivity (Wildman–Crippen MR) is 288 cm³/mol. The minimum absolute atomic E-state index is 0.0942. The van der Waals surface area contributed by atoms with Crippen molar-refractivity contribution in [1.29, 1.82) is 0 Å². The largest absolute Gasteiger partial charge is 0.462 e. The Labute approximate surface area is 413 Å². The number of hydrogen-bond donors (Lipinski definition) is 0. The van der Waals surface area contributed by atoms with Crippen LogP contribution >= 0.6 is 0 Å². The molecule has 0 bridgehead atoms. The van der Waals surface area contributed by atoms with Crippen LogP contribution in [0.3, 0.4) is 0 Å². The molecule has 0 fully saturated rings. The number of allylic oxidation sites excluding steroid dienone is 16. The molecular formula is C61H102O6. The van der Waals surface area contributed by atoms with Crippen LogP contribution in [0, 0.1) is 0 Å². The van der Waals surface area contributed by atoms with Gasteiger partial charge in [0.15, 0.2) is 6.10 Å². The van der Waals surface area contributed by atoms with E-state index in [1.54, 1.807) is 0 Å². The Morgan fingerprint density at radius 3 is 0.925 bits per heavy atom. The van der Waals surface area contributed by atoms with Crippen LogP contribution in [-0.2, 0) is 28.6 Å². The molecule has 0 radical (unpaired) electrons. The monoisotopic (exact) mass is 931 g/mol. The highest BCUT2D eigenvalue weighted by molar-refractivity contribution is 5.71. The summed E-state index contributed by atoms with van der Waals surface area (Å²) in [6, 6.07) is 0. The number of unbranched alkanes of at least 4 members (excludes halogenated alkanes) is 22. The summed E-state index contributed by atoms with van der Waals surface area (Å²) in [4.78, 5) is 38.1. The van der Waals surface area contributed by atoms with Gasteiger partial charge in [0.25, 0.3) is 0 Å². The SMILES string of the molecule is CC/C=C\C/C=C\C/C=C\C/C=C\C/C=C\CCCCCC(=O)OCC(COC(=O)CCCCCCCCCCCCCCCCC)OC(=O)CCCCCCC/C=C\C/C=C\C/C=C\CC. The lowest BCUT2D eigenvalue weighted by molar-refractivity contribution is -0.167. The van der Waals surface area contributed by atoms with Crippen LogP contribution < -0.4 is 0 Å². The lowest BCUT2D eigenvalue weighted by atomic mass is 10.0. The zero-order valence-corrected chi connectivity index (χ0v) is 43.6. The summed E-state index contributed by atoms with van der Waals surface area (Å²) in [7, 11) is 0. The molecular weight excluding hydrogens is 829 g/mol. The number of esters is 3. The van der Waals surface area contributed by atoms with E-state index in [0.29, 0.717) is 19.3 Å². The third-order valence-electron chi connectivity index (χ3n) is 11.6. The Hall–Kier alpha value is -3.67. The maximum Gasteiger partial charge on any atom is 0.306 e. The highest BCUT2D eigenvalue weighted by Gasteiger charge is 2.19. The van der Waals surface area contributed by atoms with Crippen molar-refractivity contribution in [3.8, 4) is 0 Å². The lowest BCUT2D eigenvalue weighted by Crippen LogP contribution is -2.30. The molecule has 0 aliphatic rings. The number of rotatable bonds is 49. The van der Waals surface area contributed by atoms with Crippen molar-refractivity contribution in [1.82, 2.24) is 0 Å². The average Bonchev–Trinajstić information content (AvgIpc) is 3.33. The van der Waals surface area contributed by atoms with Gasteiger partial charge in [0.2, 0.25) is 0 Å². The van der Waals surface area contributed by atoms with E-state index in [2.05, 4.69) is 118 Å². The van der Waals surface area contributed by atoms with Crippen molar-refractivity contribution in [2.45, 2.75) is 258 Å². The molecule has 6 nitrogen and oxygen atoms in total. The van der Waals surface area contributed by atoms with E-state index < -0.39 is 6.10 Å². The van der Waals surface area contributed by atoms with Crippen LogP contribution in [0.4, 0.5) is 0 Å². The van der Waals surface area contributed by atoms with Gasteiger partial charge in [0, 0.05) is 19.3 Å². The zero-order valence-electron chi connectivity index (χ0n) is 43.6. The molecule has 0 aromatic rings. The zero-order chi connectivity index (χ0) is 48.6. The minimum Gasteiger partial charge on any atom is -0.462 e. The molecule has 0 heterocycles. The topological polar surface area (TPSA) is 78.9 Å². The number of carbonyl (C=O) groups excluding carboxylic acids is 3.